The van der Waals surface area contributed by atoms with Crippen molar-refractivity contribution in [1.29, 1.82) is 0 Å². The molecule has 0 radical (unpaired) electrons. The molecule has 136 valence electrons. The lowest BCUT2D eigenvalue weighted by molar-refractivity contribution is -0.136. The van der Waals surface area contributed by atoms with Crippen LogP contribution in [0.3, 0.4) is 0 Å². The zero-order chi connectivity index (χ0) is 18.7. The molecule has 0 spiro atoms. The van der Waals surface area contributed by atoms with E-state index in [1.807, 2.05) is 44.2 Å². The summed E-state index contributed by atoms with van der Waals surface area (Å²) in [5.41, 5.74) is 2.19. The number of hydrogen-bond acceptors (Lipinski definition) is 4. The minimum atomic E-state index is -0.395. The second kappa shape index (κ2) is 11.5. The summed E-state index contributed by atoms with van der Waals surface area (Å²) in [7, 11) is 1.36. The van der Waals surface area contributed by atoms with E-state index in [4.69, 9.17) is 4.74 Å². The van der Waals surface area contributed by atoms with Gasteiger partial charge in [-0.05, 0) is 31.1 Å². The first-order valence-corrected chi connectivity index (χ1v) is 9.51. The lowest BCUT2D eigenvalue weighted by Crippen LogP contribution is -2.32. The molecule has 1 rings (SSSR count). The van der Waals surface area contributed by atoms with Crippen LogP contribution in [0.25, 0.3) is 0 Å². The zero-order valence-electron chi connectivity index (χ0n) is 15.3. The van der Waals surface area contributed by atoms with E-state index >= 15 is 0 Å². The predicted molar refractivity (Wildman–Crippen MR) is 104 cm³/mol. The molecule has 1 amide bonds. The molecule has 0 heterocycles. The quantitative estimate of drug-likeness (QED) is 0.356. The lowest BCUT2D eigenvalue weighted by Gasteiger charge is -2.26. The maximum atomic E-state index is 12.7. The topological polar surface area (TPSA) is 46.6 Å². The van der Waals surface area contributed by atoms with Crippen molar-refractivity contribution in [3.05, 3.63) is 59.8 Å². The SMILES string of the molecule is C=CCC/C(C(=O)OC)=C(\C)N(Cc1ccccc1)C(=O)CSCC. The molecule has 0 N–H and O–H groups in total. The Morgan fingerprint density at radius 1 is 1.28 bits per heavy atom. The Kier molecular flexibility index (Phi) is 9.70. The number of carbonyl (C=O) groups excluding carboxylic acids is 2. The number of carbonyl (C=O) groups is 2. The van der Waals surface area contributed by atoms with E-state index in [2.05, 4.69) is 6.58 Å². The summed E-state index contributed by atoms with van der Waals surface area (Å²) in [5, 5.41) is 0. The van der Waals surface area contributed by atoms with Crippen LogP contribution in [0.4, 0.5) is 0 Å². The monoisotopic (exact) mass is 361 g/mol. The summed E-state index contributed by atoms with van der Waals surface area (Å²) in [6, 6.07) is 9.77. The van der Waals surface area contributed by atoms with Crippen molar-refractivity contribution >= 4 is 23.6 Å². The van der Waals surface area contributed by atoms with Crippen LogP contribution in [0.2, 0.25) is 0 Å². The molecule has 4 nitrogen and oxygen atoms in total. The largest absolute Gasteiger partial charge is 0.466 e. The minimum Gasteiger partial charge on any atom is -0.466 e. The first-order chi connectivity index (χ1) is 12.0. The highest BCUT2D eigenvalue weighted by atomic mass is 32.2. The second-order valence-electron chi connectivity index (χ2n) is 5.49. The van der Waals surface area contributed by atoms with Gasteiger partial charge in [0.2, 0.25) is 5.91 Å². The number of amides is 1. The molecule has 1 aromatic carbocycles. The summed E-state index contributed by atoms with van der Waals surface area (Å²) in [4.78, 5) is 26.6. The molecule has 0 aliphatic carbocycles. The Labute approximate surface area is 154 Å². The molecule has 0 bridgehead atoms. The molecule has 0 fully saturated rings. The molecular formula is C20H27NO3S. The van der Waals surface area contributed by atoms with Gasteiger partial charge in [-0.25, -0.2) is 4.79 Å². The van der Waals surface area contributed by atoms with Crippen LogP contribution in [-0.2, 0) is 20.9 Å². The minimum absolute atomic E-state index is 0.00629. The Morgan fingerprint density at radius 2 is 1.96 bits per heavy atom. The number of thioether (sulfide) groups is 1. The highest BCUT2D eigenvalue weighted by Crippen LogP contribution is 2.21. The van der Waals surface area contributed by atoms with E-state index in [1.165, 1.54) is 7.11 Å². The number of rotatable bonds is 10. The maximum Gasteiger partial charge on any atom is 0.335 e. The average molecular weight is 362 g/mol. The molecule has 0 saturated carbocycles. The summed E-state index contributed by atoms with van der Waals surface area (Å²) in [6.07, 6.45) is 2.91. The van der Waals surface area contributed by atoms with Gasteiger partial charge < -0.3 is 9.64 Å². The Bertz CT molecular complexity index is 611. The van der Waals surface area contributed by atoms with Gasteiger partial charge in [0.15, 0.2) is 0 Å². The molecule has 25 heavy (non-hydrogen) atoms. The van der Waals surface area contributed by atoms with Crippen molar-refractivity contribution in [2.24, 2.45) is 0 Å². The number of ether oxygens (including phenoxy) is 1. The van der Waals surface area contributed by atoms with Gasteiger partial charge in [-0.2, -0.15) is 11.8 Å². The standard InChI is InChI=1S/C20H27NO3S/c1-5-7-13-18(20(23)24-4)16(3)21(19(22)15-25-6-2)14-17-11-9-8-10-12-17/h5,8-12H,1,6-7,13-15H2,2-4H3/b18-16-. The van der Waals surface area contributed by atoms with E-state index in [1.54, 1.807) is 22.7 Å². The number of esters is 1. The first kappa shape index (κ1) is 21.0. The van der Waals surface area contributed by atoms with Crippen LogP contribution < -0.4 is 0 Å². The van der Waals surface area contributed by atoms with E-state index in [-0.39, 0.29) is 5.91 Å². The normalized spacial score (nSPS) is 11.5. The van der Waals surface area contributed by atoms with Crippen LogP contribution in [0.5, 0.6) is 0 Å². The third-order valence-electron chi connectivity index (χ3n) is 3.79. The molecule has 0 saturated heterocycles. The third kappa shape index (κ3) is 6.78. The highest BCUT2D eigenvalue weighted by Gasteiger charge is 2.22. The number of methoxy groups -OCH3 is 1. The van der Waals surface area contributed by atoms with Crippen LogP contribution in [0.1, 0.15) is 32.3 Å². The molecule has 0 unspecified atom stereocenters. The summed E-state index contributed by atoms with van der Waals surface area (Å²) in [5.74, 6) is 0.853. The van der Waals surface area contributed by atoms with Crippen molar-refractivity contribution in [2.75, 3.05) is 18.6 Å². The summed E-state index contributed by atoms with van der Waals surface area (Å²) >= 11 is 1.57. The van der Waals surface area contributed by atoms with E-state index in [9.17, 15) is 9.59 Å². The van der Waals surface area contributed by atoms with Crippen LogP contribution in [0.15, 0.2) is 54.3 Å². The smallest absolute Gasteiger partial charge is 0.335 e. The van der Waals surface area contributed by atoms with Gasteiger partial charge in [-0.3, -0.25) is 4.79 Å². The van der Waals surface area contributed by atoms with Gasteiger partial charge in [0.1, 0.15) is 0 Å². The van der Waals surface area contributed by atoms with Gasteiger partial charge in [0.05, 0.1) is 25.0 Å². The van der Waals surface area contributed by atoms with Gasteiger partial charge in [0, 0.05) is 5.70 Å². The van der Waals surface area contributed by atoms with Gasteiger partial charge in [0.25, 0.3) is 0 Å². The maximum absolute atomic E-state index is 12.7. The van der Waals surface area contributed by atoms with Crippen LogP contribution in [-0.4, -0.2) is 35.4 Å². The Hall–Kier alpha value is -2.01. The fraction of sp³-hybridized carbons (Fsp3) is 0.400. The van der Waals surface area contributed by atoms with Crippen molar-refractivity contribution in [2.45, 2.75) is 33.2 Å². The average Bonchev–Trinajstić information content (AvgIpc) is 2.64. The first-order valence-electron chi connectivity index (χ1n) is 8.36. The van der Waals surface area contributed by atoms with Gasteiger partial charge in [-0.1, -0.05) is 43.3 Å². The molecule has 0 aromatic heterocycles. The van der Waals surface area contributed by atoms with Crippen LogP contribution in [0, 0.1) is 0 Å². The van der Waals surface area contributed by atoms with E-state index < -0.39 is 5.97 Å². The van der Waals surface area contributed by atoms with Crippen molar-refractivity contribution in [3.63, 3.8) is 0 Å². The number of nitrogens with zero attached hydrogens (tertiary/aromatic N) is 1. The van der Waals surface area contributed by atoms with Crippen molar-refractivity contribution in [3.8, 4) is 0 Å². The second-order valence-corrected chi connectivity index (χ2v) is 6.76. The lowest BCUT2D eigenvalue weighted by atomic mass is 10.1. The molecule has 0 aliphatic heterocycles. The molecule has 1 aromatic rings. The van der Waals surface area contributed by atoms with Gasteiger partial charge >= 0.3 is 5.97 Å². The van der Waals surface area contributed by atoms with E-state index in [0.717, 1.165) is 11.3 Å². The summed E-state index contributed by atoms with van der Waals surface area (Å²) < 4.78 is 4.92. The van der Waals surface area contributed by atoms with Crippen molar-refractivity contribution < 1.29 is 14.3 Å². The van der Waals surface area contributed by atoms with E-state index in [0.29, 0.717) is 36.4 Å². The highest BCUT2D eigenvalue weighted by molar-refractivity contribution is 7.99. The number of benzene rings is 1. The Morgan fingerprint density at radius 3 is 2.52 bits per heavy atom. The third-order valence-corrected chi connectivity index (χ3v) is 4.65. The zero-order valence-corrected chi connectivity index (χ0v) is 16.1. The fourth-order valence-corrected chi connectivity index (χ4v) is 2.92. The molecular weight excluding hydrogens is 334 g/mol. The van der Waals surface area contributed by atoms with Gasteiger partial charge in [-0.15, -0.1) is 6.58 Å². The molecule has 0 atom stereocenters. The Balaban J connectivity index is 3.20. The van der Waals surface area contributed by atoms with Crippen LogP contribution >= 0.6 is 11.8 Å². The van der Waals surface area contributed by atoms with Crippen molar-refractivity contribution in [1.82, 2.24) is 4.90 Å². The predicted octanol–water partition coefficient (Wildman–Crippen LogP) is 4.18. The molecule has 5 heteroatoms. The fourth-order valence-electron chi connectivity index (χ4n) is 2.39. The number of hydrogen-bond donors (Lipinski definition) is 0. The number of allylic oxidation sites excluding steroid dienone is 2. The summed E-state index contributed by atoms with van der Waals surface area (Å²) in [6.45, 7) is 7.97. The molecule has 0 aliphatic rings.